The lowest BCUT2D eigenvalue weighted by atomic mass is 9.88. The highest BCUT2D eigenvalue weighted by atomic mass is 32.1. The predicted molar refractivity (Wildman–Crippen MR) is 142 cm³/mol. The van der Waals surface area contributed by atoms with Crippen molar-refractivity contribution < 1.29 is 18.9 Å². The van der Waals surface area contributed by atoms with Crippen LogP contribution in [-0.2, 0) is 0 Å². The maximum absolute atomic E-state index is 5.78. The fraction of sp³-hybridized carbons (Fsp3) is 0.370. The van der Waals surface area contributed by atoms with E-state index in [9.17, 15) is 0 Å². The summed E-state index contributed by atoms with van der Waals surface area (Å²) in [7, 11) is 6.63. The summed E-state index contributed by atoms with van der Waals surface area (Å²) >= 11 is 5.66. The van der Waals surface area contributed by atoms with E-state index in [1.165, 1.54) is 5.57 Å². The molecular formula is C27H33N3O4S. The quantitative estimate of drug-likeness (QED) is 0.526. The van der Waals surface area contributed by atoms with Gasteiger partial charge in [-0.3, -0.25) is 4.90 Å². The zero-order chi connectivity index (χ0) is 24.9. The standard InChI is InChI=1S/C27H33N3O4S/c1-6-13-30-15-18(14-17-9-7-11-21(31-2)25(17)33-4)23-20(16-30)24(29-27(35)28-23)19-10-8-12-22(32-3)26(19)34-5/h7-12,14,24H,6,13,15-16H2,1-5H3,(H2,28,29,35)/b18-14-/t24-/m0/s1. The Labute approximate surface area is 212 Å². The van der Waals surface area contributed by atoms with Gasteiger partial charge in [-0.2, -0.15) is 0 Å². The van der Waals surface area contributed by atoms with Crippen LogP contribution in [0.5, 0.6) is 23.0 Å². The number of thiocarbonyl (C=S) groups is 1. The van der Waals surface area contributed by atoms with Crippen LogP contribution < -0.4 is 29.6 Å². The van der Waals surface area contributed by atoms with Gasteiger partial charge in [-0.1, -0.05) is 31.2 Å². The number of para-hydroxylation sites is 2. The molecule has 2 N–H and O–H groups in total. The van der Waals surface area contributed by atoms with Crippen LogP contribution >= 0.6 is 12.2 Å². The topological polar surface area (TPSA) is 64.2 Å². The second-order valence-electron chi connectivity index (χ2n) is 8.48. The fourth-order valence-electron chi connectivity index (χ4n) is 4.88. The average molecular weight is 496 g/mol. The van der Waals surface area contributed by atoms with E-state index in [0.717, 1.165) is 48.5 Å². The van der Waals surface area contributed by atoms with Gasteiger partial charge in [-0.15, -0.1) is 0 Å². The highest BCUT2D eigenvalue weighted by molar-refractivity contribution is 7.80. The summed E-state index contributed by atoms with van der Waals surface area (Å²) in [6.45, 7) is 4.79. The molecule has 35 heavy (non-hydrogen) atoms. The largest absolute Gasteiger partial charge is 0.493 e. The minimum Gasteiger partial charge on any atom is -0.493 e. The molecule has 2 heterocycles. The zero-order valence-corrected chi connectivity index (χ0v) is 21.8. The van der Waals surface area contributed by atoms with Crippen LogP contribution in [0.25, 0.3) is 6.08 Å². The van der Waals surface area contributed by atoms with Crippen molar-refractivity contribution in [2.75, 3.05) is 48.1 Å². The van der Waals surface area contributed by atoms with Crippen molar-refractivity contribution in [2.45, 2.75) is 19.4 Å². The van der Waals surface area contributed by atoms with E-state index in [4.69, 9.17) is 31.2 Å². The van der Waals surface area contributed by atoms with E-state index < -0.39 is 0 Å². The molecule has 2 aliphatic rings. The van der Waals surface area contributed by atoms with Crippen LogP contribution in [0.1, 0.15) is 30.5 Å². The van der Waals surface area contributed by atoms with Crippen molar-refractivity contribution in [1.29, 1.82) is 0 Å². The molecule has 0 saturated carbocycles. The number of methoxy groups -OCH3 is 4. The molecule has 0 fully saturated rings. The molecule has 1 atom stereocenters. The Morgan fingerprint density at radius 2 is 1.63 bits per heavy atom. The fourth-order valence-corrected chi connectivity index (χ4v) is 5.10. The van der Waals surface area contributed by atoms with Crippen molar-refractivity contribution in [3.05, 3.63) is 64.4 Å². The molecule has 2 aromatic carbocycles. The summed E-state index contributed by atoms with van der Waals surface area (Å²) in [6.07, 6.45) is 3.23. The number of nitrogens with zero attached hydrogens (tertiary/aromatic N) is 1. The molecule has 0 aromatic heterocycles. The molecule has 2 aliphatic heterocycles. The molecule has 0 aliphatic carbocycles. The molecule has 0 bridgehead atoms. The summed E-state index contributed by atoms with van der Waals surface area (Å²) in [4.78, 5) is 2.45. The molecule has 0 saturated heterocycles. The summed E-state index contributed by atoms with van der Waals surface area (Å²) in [5.74, 6) is 2.80. The number of rotatable bonds is 8. The predicted octanol–water partition coefficient (Wildman–Crippen LogP) is 4.30. The third kappa shape index (κ3) is 4.94. The minimum atomic E-state index is -0.154. The van der Waals surface area contributed by atoms with Crippen molar-refractivity contribution >= 4 is 23.4 Å². The summed E-state index contributed by atoms with van der Waals surface area (Å²) in [5, 5.41) is 7.49. The summed E-state index contributed by atoms with van der Waals surface area (Å²) < 4.78 is 22.6. The highest BCUT2D eigenvalue weighted by Crippen LogP contribution is 2.42. The Hall–Kier alpha value is -3.23. The molecule has 7 nitrogen and oxygen atoms in total. The molecule has 0 unspecified atom stereocenters. The van der Waals surface area contributed by atoms with Gasteiger partial charge in [0.15, 0.2) is 28.1 Å². The van der Waals surface area contributed by atoms with E-state index in [1.807, 2.05) is 30.3 Å². The van der Waals surface area contributed by atoms with E-state index >= 15 is 0 Å². The Balaban J connectivity index is 1.88. The van der Waals surface area contributed by atoms with Crippen LogP contribution in [-0.4, -0.2) is 58.1 Å². The summed E-state index contributed by atoms with van der Waals surface area (Å²) in [5.41, 5.74) is 5.33. The van der Waals surface area contributed by atoms with Gasteiger partial charge in [0.2, 0.25) is 0 Å². The van der Waals surface area contributed by atoms with Crippen molar-refractivity contribution in [3.63, 3.8) is 0 Å². The molecule has 0 spiro atoms. The minimum absolute atomic E-state index is 0.154. The first-order valence-corrected chi connectivity index (χ1v) is 12.1. The Morgan fingerprint density at radius 1 is 0.943 bits per heavy atom. The van der Waals surface area contributed by atoms with Gasteiger partial charge in [0.1, 0.15) is 0 Å². The average Bonchev–Trinajstić information content (AvgIpc) is 2.88. The summed E-state index contributed by atoms with van der Waals surface area (Å²) in [6, 6.07) is 11.7. The van der Waals surface area contributed by atoms with Gasteiger partial charge >= 0.3 is 0 Å². The molecule has 4 rings (SSSR count). The van der Waals surface area contributed by atoms with Gasteiger partial charge in [-0.25, -0.2) is 0 Å². The number of hydrogen-bond acceptors (Lipinski definition) is 6. The van der Waals surface area contributed by atoms with E-state index in [0.29, 0.717) is 28.1 Å². The lowest BCUT2D eigenvalue weighted by molar-refractivity contribution is 0.299. The van der Waals surface area contributed by atoms with Gasteiger partial charge in [-0.05, 0) is 54.5 Å². The molecule has 2 aromatic rings. The third-order valence-electron chi connectivity index (χ3n) is 6.34. The van der Waals surface area contributed by atoms with E-state index in [-0.39, 0.29) is 6.04 Å². The Morgan fingerprint density at radius 3 is 2.29 bits per heavy atom. The zero-order valence-electron chi connectivity index (χ0n) is 20.9. The van der Waals surface area contributed by atoms with Gasteiger partial charge in [0, 0.05) is 29.9 Å². The second-order valence-corrected chi connectivity index (χ2v) is 8.89. The van der Waals surface area contributed by atoms with E-state index in [2.05, 4.69) is 34.6 Å². The number of hydrogen-bond donors (Lipinski definition) is 2. The Kier molecular flexibility index (Phi) is 7.83. The second kappa shape index (κ2) is 11.0. The van der Waals surface area contributed by atoms with Gasteiger partial charge in [0.05, 0.1) is 34.5 Å². The lowest BCUT2D eigenvalue weighted by Crippen LogP contribution is -2.50. The first kappa shape index (κ1) is 24.9. The maximum atomic E-state index is 5.78. The van der Waals surface area contributed by atoms with Crippen molar-refractivity contribution in [2.24, 2.45) is 0 Å². The molecule has 186 valence electrons. The number of nitrogens with one attached hydrogen (secondary N) is 2. The van der Waals surface area contributed by atoms with Crippen LogP contribution in [0.15, 0.2) is 53.2 Å². The third-order valence-corrected chi connectivity index (χ3v) is 6.56. The van der Waals surface area contributed by atoms with Crippen molar-refractivity contribution in [1.82, 2.24) is 15.5 Å². The van der Waals surface area contributed by atoms with Gasteiger partial charge < -0.3 is 29.6 Å². The van der Waals surface area contributed by atoms with E-state index in [1.54, 1.807) is 28.4 Å². The molecule has 0 radical (unpaired) electrons. The first-order chi connectivity index (χ1) is 17.0. The van der Waals surface area contributed by atoms with Gasteiger partial charge in [0.25, 0.3) is 0 Å². The smallest absolute Gasteiger partial charge is 0.171 e. The molecule has 8 heteroatoms. The molecular weight excluding hydrogens is 462 g/mol. The lowest BCUT2D eigenvalue weighted by Gasteiger charge is -2.40. The van der Waals surface area contributed by atoms with Crippen molar-refractivity contribution in [3.8, 4) is 23.0 Å². The first-order valence-electron chi connectivity index (χ1n) is 11.7. The van der Waals surface area contributed by atoms with Crippen LogP contribution in [0.2, 0.25) is 0 Å². The number of ether oxygens (including phenoxy) is 4. The highest BCUT2D eigenvalue weighted by Gasteiger charge is 2.35. The molecule has 0 amide bonds. The maximum Gasteiger partial charge on any atom is 0.171 e. The number of benzene rings is 2. The van der Waals surface area contributed by atoms with Crippen LogP contribution in [0.4, 0.5) is 0 Å². The Bertz CT molecular complexity index is 1160. The van der Waals surface area contributed by atoms with Crippen LogP contribution in [0, 0.1) is 0 Å². The SMILES string of the molecule is CCCN1CC2=C(NC(=S)N[C@H]2c2cccc(OC)c2OC)/C(=C\c2cccc(OC)c2OC)C1. The monoisotopic (exact) mass is 495 g/mol. The normalized spacial score (nSPS) is 19.1. The van der Waals surface area contributed by atoms with Crippen LogP contribution in [0.3, 0.4) is 0 Å².